The molecule has 2 rings (SSSR count). The molecule has 0 saturated heterocycles. The van der Waals surface area contributed by atoms with Crippen LogP contribution in [-0.4, -0.2) is 12.9 Å². The second kappa shape index (κ2) is 5.28. The van der Waals surface area contributed by atoms with Gasteiger partial charge in [-0.2, -0.15) is 0 Å². The van der Waals surface area contributed by atoms with Crippen LogP contribution in [0.1, 0.15) is 21.5 Å². The Kier molecular flexibility index (Phi) is 3.70. The summed E-state index contributed by atoms with van der Waals surface area (Å²) in [7, 11) is 1.29. The van der Waals surface area contributed by atoms with E-state index >= 15 is 0 Å². The number of nitrogens with two attached hydrogens (primary N) is 1. The number of aryl methyl sites for hydroxylation is 1. The Morgan fingerprint density at radius 1 is 1.15 bits per heavy atom. The molecular formula is C15H13F2NO2. The van der Waals surface area contributed by atoms with E-state index in [2.05, 4.69) is 0 Å². The molecule has 2 aromatic rings. The maximum Gasteiger partial charge on any atom is 0.199 e. The Balaban J connectivity index is 2.54. The number of ketones is 1. The summed E-state index contributed by atoms with van der Waals surface area (Å²) in [5, 5.41) is 0. The predicted octanol–water partition coefficient (Wildman–Crippen LogP) is 3.10. The van der Waals surface area contributed by atoms with Crippen molar-refractivity contribution in [2.45, 2.75) is 6.92 Å². The van der Waals surface area contributed by atoms with Gasteiger partial charge in [0.1, 0.15) is 17.4 Å². The van der Waals surface area contributed by atoms with E-state index in [1.165, 1.54) is 19.2 Å². The molecule has 0 unspecified atom stereocenters. The summed E-state index contributed by atoms with van der Waals surface area (Å²) in [6.45, 7) is 1.66. The largest absolute Gasteiger partial charge is 0.497 e. The van der Waals surface area contributed by atoms with Gasteiger partial charge in [0.15, 0.2) is 5.78 Å². The number of nitrogen functional groups attached to an aromatic ring is 1. The zero-order chi connectivity index (χ0) is 14.9. The van der Waals surface area contributed by atoms with Crippen LogP contribution in [-0.2, 0) is 0 Å². The van der Waals surface area contributed by atoms with Gasteiger partial charge >= 0.3 is 0 Å². The normalized spacial score (nSPS) is 10.4. The third-order valence-corrected chi connectivity index (χ3v) is 2.97. The lowest BCUT2D eigenvalue weighted by Gasteiger charge is -2.09. The molecule has 0 spiro atoms. The van der Waals surface area contributed by atoms with Gasteiger partial charge < -0.3 is 10.5 Å². The minimum atomic E-state index is -0.955. The number of benzene rings is 2. The van der Waals surface area contributed by atoms with E-state index in [1.54, 1.807) is 13.0 Å². The van der Waals surface area contributed by atoms with E-state index in [-0.39, 0.29) is 11.3 Å². The van der Waals surface area contributed by atoms with Crippen LogP contribution in [0.4, 0.5) is 14.5 Å². The first-order valence-corrected chi connectivity index (χ1v) is 5.88. The number of ether oxygens (including phenoxy) is 1. The van der Waals surface area contributed by atoms with Crippen LogP contribution >= 0.6 is 0 Å². The average Bonchev–Trinajstić information content (AvgIpc) is 2.37. The van der Waals surface area contributed by atoms with Crippen LogP contribution in [0.5, 0.6) is 5.75 Å². The van der Waals surface area contributed by atoms with Crippen molar-refractivity contribution in [3.63, 3.8) is 0 Å². The maximum atomic E-state index is 13.9. The lowest BCUT2D eigenvalue weighted by molar-refractivity contribution is 0.103. The minimum absolute atomic E-state index is 0.0191. The van der Waals surface area contributed by atoms with Crippen molar-refractivity contribution < 1.29 is 18.3 Å². The first-order chi connectivity index (χ1) is 9.43. The topological polar surface area (TPSA) is 52.3 Å². The Morgan fingerprint density at radius 3 is 2.25 bits per heavy atom. The highest BCUT2D eigenvalue weighted by atomic mass is 19.1. The lowest BCUT2D eigenvalue weighted by Crippen LogP contribution is -2.10. The fourth-order valence-corrected chi connectivity index (χ4v) is 1.96. The highest BCUT2D eigenvalue weighted by Gasteiger charge is 2.21. The standard InChI is InChI=1S/C15H13F2NO2/c1-8-5-9(18)3-4-11(8)15(19)14-12(16)6-10(20-2)7-13(14)17/h3-7H,18H2,1-2H3. The summed E-state index contributed by atoms with van der Waals surface area (Å²) in [6.07, 6.45) is 0. The van der Waals surface area contributed by atoms with Crippen molar-refractivity contribution in [2.24, 2.45) is 0 Å². The van der Waals surface area contributed by atoms with Crippen molar-refractivity contribution in [3.05, 3.63) is 58.7 Å². The van der Waals surface area contributed by atoms with Crippen LogP contribution in [0, 0.1) is 18.6 Å². The molecule has 3 nitrogen and oxygen atoms in total. The number of anilines is 1. The molecule has 0 atom stereocenters. The molecule has 0 aliphatic heterocycles. The third kappa shape index (κ3) is 2.47. The summed E-state index contributed by atoms with van der Waals surface area (Å²) in [6, 6.07) is 6.49. The van der Waals surface area contributed by atoms with E-state index in [4.69, 9.17) is 10.5 Å². The number of carbonyl (C=O) groups excluding carboxylic acids is 1. The average molecular weight is 277 g/mol. The molecule has 0 aliphatic carbocycles. The number of hydrogen-bond acceptors (Lipinski definition) is 3. The fraction of sp³-hybridized carbons (Fsp3) is 0.133. The van der Waals surface area contributed by atoms with Crippen molar-refractivity contribution in [2.75, 3.05) is 12.8 Å². The Hall–Kier alpha value is -2.43. The zero-order valence-electron chi connectivity index (χ0n) is 11.0. The van der Waals surface area contributed by atoms with Crippen LogP contribution in [0.25, 0.3) is 0 Å². The highest BCUT2D eigenvalue weighted by molar-refractivity contribution is 6.10. The molecule has 104 valence electrons. The second-order valence-electron chi connectivity index (χ2n) is 4.37. The molecular weight excluding hydrogens is 264 g/mol. The Bertz CT molecular complexity index is 661. The number of rotatable bonds is 3. The first kappa shape index (κ1) is 14.0. The van der Waals surface area contributed by atoms with Gasteiger partial charge in [0.05, 0.1) is 12.7 Å². The lowest BCUT2D eigenvalue weighted by atomic mass is 9.98. The summed E-state index contributed by atoms with van der Waals surface area (Å²) in [5.74, 6) is -2.61. The number of halogens is 2. The van der Waals surface area contributed by atoms with Crippen LogP contribution in [0.3, 0.4) is 0 Å². The van der Waals surface area contributed by atoms with E-state index < -0.39 is 23.0 Å². The summed E-state index contributed by atoms with van der Waals surface area (Å²) >= 11 is 0. The van der Waals surface area contributed by atoms with Crippen molar-refractivity contribution in [1.82, 2.24) is 0 Å². The monoisotopic (exact) mass is 277 g/mol. The van der Waals surface area contributed by atoms with Crippen LogP contribution < -0.4 is 10.5 Å². The zero-order valence-corrected chi connectivity index (χ0v) is 11.0. The van der Waals surface area contributed by atoms with Crippen molar-refractivity contribution in [1.29, 1.82) is 0 Å². The molecule has 20 heavy (non-hydrogen) atoms. The first-order valence-electron chi connectivity index (χ1n) is 5.88. The van der Waals surface area contributed by atoms with E-state index in [0.29, 0.717) is 11.3 Å². The number of carbonyl (C=O) groups is 1. The smallest absolute Gasteiger partial charge is 0.199 e. The van der Waals surface area contributed by atoms with Gasteiger partial charge in [-0.25, -0.2) is 8.78 Å². The molecule has 0 radical (unpaired) electrons. The molecule has 0 aromatic heterocycles. The maximum absolute atomic E-state index is 13.9. The van der Waals surface area contributed by atoms with Crippen molar-refractivity contribution >= 4 is 11.5 Å². The molecule has 0 saturated carbocycles. The number of hydrogen-bond donors (Lipinski definition) is 1. The molecule has 2 aromatic carbocycles. The fourth-order valence-electron chi connectivity index (χ4n) is 1.96. The second-order valence-corrected chi connectivity index (χ2v) is 4.37. The van der Waals surface area contributed by atoms with Gasteiger partial charge in [-0.15, -0.1) is 0 Å². The minimum Gasteiger partial charge on any atom is -0.497 e. The highest BCUT2D eigenvalue weighted by Crippen LogP contribution is 2.24. The molecule has 0 heterocycles. The van der Waals surface area contributed by atoms with Crippen LogP contribution in [0.2, 0.25) is 0 Å². The third-order valence-electron chi connectivity index (χ3n) is 2.97. The number of methoxy groups -OCH3 is 1. The van der Waals surface area contributed by atoms with Gasteiger partial charge in [0.2, 0.25) is 0 Å². The van der Waals surface area contributed by atoms with E-state index in [0.717, 1.165) is 12.1 Å². The molecule has 0 fully saturated rings. The summed E-state index contributed by atoms with van der Waals surface area (Å²) < 4.78 is 32.5. The molecule has 0 bridgehead atoms. The Labute approximate surface area is 115 Å². The van der Waals surface area contributed by atoms with Crippen molar-refractivity contribution in [3.8, 4) is 5.75 Å². The molecule has 0 aliphatic rings. The van der Waals surface area contributed by atoms with Gasteiger partial charge in [-0.05, 0) is 30.7 Å². The van der Waals surface area contributed by atoms with E-state index in [9.17, 15) is 13.6 Å². The molecule has 0 amide bonds. The SMILES string of the molecule is COc1cc(F)c(C(=O)c2ccc(N)cc2C)c(F)c1. The quantitative estimate of drug-likeness (QED) is 0.693. The van der Waals surface area contributed by atoms with Gasteiger partial charge in [0, 0.05) is 23.4 Å². The predicted molar refractivity (Wildman–Crippen MR) is 71.9 cm³/mol. The van der Waals surface area contributed by atoms with Gasteiger partial charge in [0.25, 0.3) is 0 Å². The molecule has 5 heteroatoms. The Morgan fingerprint density at radius 2 is 1.75 bits per heavy atom. The van der Waals surface area contributed by atoms with Crippen LogP contribution in [0.15, 0.2) is 30.3 Å². The molecule has 2 N–H and O–H groups in total. The van der Waals surface area contributed by atoms with Gasteiger partial charge in [-0.1, -0.05) is 0 Å². The summed E-state index contributed by atoms with van der Waals surface area (Å²) in [5.41, 5.74) is 6.24. The van der Waals surface area contributed by atoms with E-state index in [1.807, 2.05) is 0 Å². The summed E-state index contributed by atoms with van der Waals surface area (Å²) in [4.78, 5) is 12.3. The van der Waals surface area contributed by atoms with Gasteiger partial charge in [-0.3, -0.25) is 4.79 Å².